The van der Waals surface area contributed by atoms with E-state index >= 15 is 0 Å². The molecule has 6 nitrogen and oxygen atoms in total. The molecule has 154 valence electrons. The van der Waals surface area contributed by atoms with E-state index in [-0.39, 0.29) is 23.1 Å². The summed E-state index contributed by atoms with van der Waals surface area (Å²) < 4.78 is 3.58. The second-order valence-corrected chi connectivity index (χ2v) is 8.50. The van der Waals surface area contributed by atoms with Gasteiger partial charge in [0.05, 0.1) is 11.7 Å². The van der Waals surface area contributed by atoms with E-state index in [1.165, 1.54) is 11.1 Å². The number of rotatable bonds is 5. The maximum absolute atomic E-state index is 13.4. The van der Waals surface area contributed by atoms with E-state index in [1.54, 1.807) is 17.0 Å². The molecule has 3 aromatic rings. The van der Waals surface area contributed by atoms with Crippen molar-refractivity contribution in [1.29, 1.82) is 0 Å². The van der Waals surface area contributed by atoms with Gasteiger partial charge in [0.15, 0.2) is 0 Å². The molecule has 6 heteroatoms. The molecule has 0 radical (unpaired) electrons. The van der Waals surface area contributed by atoms with Gasteiger partial charge in [0.2, 0.25) is 0 Å². The predicted octanol–water partition coefficient (Wildman–Crippen LogP) is 3.25. The van der Waals surface area contributed by atoms with Gasteiger partial charge in [-0.25, -0.2) is 4.98 Å². The first-order valence-electron chi connectivity index (χ1n) is 10.7. The largest absolute Gasteiger partial charge is 0.342 e. The zero-order chi connectivity index (χ0) is 20.8. The summed E-state index contributed by atoms with van der Waals surface area (Å²) in [5.41, 5.74) is 4.06. The second kappa shape index (κ2) is 7.27. The first-order chi connectivity index (χ1) is 14.5. The molecule has 0 saturated heterocycles. The van der Waals surface area contributed by atoms with Crippen LogP contribution in [-0.2, 0) is 19.9 Å². The molecule has 1 amide bonds. The number of nitrogens with zero attached hydrogens (tertiary/aromatic N) is 3. The fourth-order valence-electron chi connectivity index (χ4n) is 4.63. The molecule has 1 saturated carbocycles. The fraction of sp³-hybridized carbons (Fsp3) is 0.375. The van der Waals surface area contributed by atoms with Crippen molar-refractivity contribution in [2.75, 3.05) is 0 Å². The third-order valence-corrected chi connectivity index (χ3v) is 6.43. The summed E-state index contributed by atoms with van der Waals surface area (Å²) in [4.78, 5) is 31.2. The molecule has 2 aliphatic carbocycles. The number of aryl methyl sites for hydroxylation is 3. The summed E-state index contributed by atoms with van der Waals surface area (Å²) in [6.07, 6.45) is 10.7. The van der Waals surface area contributed by atoms with Crippen molar-refractivity contribution in [2.24, 2.45) is 13.0 Å². The highest BCUT2D eigenvalue weighted by Gasteiger charge is 2.36. The highest BCUT2D eigenvalue weighted by atomic mass is 16.2. The summed E-state index contributed by atoms with van der Waals surface area (Å²) in [5, 5.41) is 3.12. The average Bonchev–Trinajstić information content (AvgIpc) is 3.29. The SMILES string of the molecule is Cc1ccn(-c2cccc3c2CCC3)c(=O)c1C(=O)NC(c1nccn1C)C1CC1. The molecule has 2 aromatic heterocycles. The molecule has 1 atom stereocenters. The number of aromatic nitrogens is 3. The van der Waals surface area contributed by atoms with E-state index in [9.17, 15) is 9.59 Å². The molecule has 0 spiro atoms. The molecule has 2 aliphatic rings. The second-order valence-electron chi connectivity index (χ2n) is 8.50. The third-order valence-electron chi connectivity index (χ3n) is 6.43. The standard InChI is InChI=1S/C24H26N4O2/c1-15-11-13-28(19-8-4-6-16-5-3-7-18(16)19)24(30)20(15)23(29)26-21(17-9-10-17)22-25-12-14-27(22)2/h4,6,8,11-14,17,21H,3,5,7,9-10H2,1-2H3,(H,26,29). The van der Waals surface area contributed by atoms with Crippen molar-refractivity contribution >= 4 is 5.91 Å². The van der Waals surface area contributed by atoms with E-state index in [0.717, 1.165) is 43.6 Å². The zero-order valence-electron chi connectivity index (χ0n) is 17.4. The van der Waals surface area contributed by atoms with Gasteiger partial charge in [0, 0.05) is 25.6 Å². The van der Waals surface area contributed by atoms with E-state index in [0.29, 0.717) is 11.5 Å². The Morgan fingerprint density at radius 3 is 2.77 bits per heavy atom. The number of pyridine rings is 1. The van der Waals surface area contributed by atoms with Gasteiger partial charge in [-0.1, -0.05) is 12.1 Å². The van der Waals surface area contributed by atoms with Crippen LogP contribution >= 0.6 is 0 Å². The molecule has 5 rings (SSSR count). The molecule has 30 heavy (non-hydrogen) atoms. The van der Waals surface area contributed by atoms with Crippen molar-refractivity contribution in [3.63, 3.8) is 0 Å². The molecular weight excluding hydrogens is 376 g/mol. The molecule has 2 heterocycles. The fourth-order valence-corrected chi connectivity index (χ4v) is 4.63. The van der Waals surface area contributed by atoms with Crippen LogP contribution in [0.4, 0.5) is 0 Å². The highest BCUT2D eigenvalue weighted by Crippen LogP contribution is 2.40. The van der Waals surface area contributed by atoms with Gasteiger partial charge >= 0.3 is 0 Å². The summed E-state index contributed by atoms with van der Waals surface area (Å²) in [5.74, 6) is 0.888. The Kier molecular flexibility index (Phi) is 4.57. The zero-order valence-corrected chi connectivity index (χ0v) is 17.4. The number of amides is 1. The maximum Gasteiger partial charge on any atom is 0.268 e. The number of hydrogen-bond donors (Lipinski definition) is 1. The van der Waals surface area contributed by atoms with Crippen molar-refractivity contribution in [3.8, 4) is 5.69 Å². The lowest BCUT2D eigenvalue weighted by Crippen LogP contribution is -2.37. The van der Waals surface area contributed by atoms with Gasteiger partial charge < -0.3 is 9.88 Å². The molecule has 1 N–H and O–H groups in total. The third kappa shape index (κ3) is 3.16. The normalized spacial score (nSPS) is 16.3. The predicted molar refractivity (Wildman–Crippen MR) is 115 cm³/mol. The van der Waals surface area contributed by atoms with Gasteiger partial charge in [0.25, 0.3) is 11.5 Å². The quantitative estimate of drug-likeness (QED) is 0.712. The Hall–Kier alpha value is -3.15. The van der Waals surface area contributed by atoms with Crippen LogP contribution in [0.1, 0.15) is 58.2 Å². The van der Waals surface area contributed by atoms with Crippen molar-refractivity contribution in [1.82, 2.24) is 19.4 Å². The Bertz CT molecular complexity index is 1190. The average molecular weight is 402 g/mol. The summed E-state index contributed by atoms with van der Waals surface area (Å²) in [6, 6.07) is 7.79. The number of imidazole rings is 1. The van der Waals surface area contributed by atoms with Crippen LogP contribution in [0.15, 0.2) is 47.7 Å². The van der Waals surface area contributed by atoms with Crippen LogP contribution in [0, 0.1) is 12.8 Å². The smallest absolute Gasteiger partial charge is 0.268 e. The van der Waals surface area contributed by atoms with E-state index in [1.807, 2.05) is 42.9 Å². The minimum absolute atomic E-state index is 0.175. The summed E-state index contributed by atoms with van der Waals surface area (Å²) in [7, 11) is 1.93. The lowest BCUT2D eigenvalue weighted by atomic mass is 10.1. The Balaban J connectivity index is 1.53. The molecule has 0 aliphatic heterocycles. The Morgan fingerprint density at radius 2 is 2.03 bits per heavy atom. The number of nitrogens with one attached hydrogen (secondary N) is 1. The van der Waals surface area contributed by atoms with Crippen molar-refractivity contribution in [2.45, 2.75) is 45.1 Å². The van der Waals surface area contributed by atoms with Gasteiger partial charge in [0.1, 0.15) is 11.4 Å². The highest BCUT2D eigenvalue weighted by molar-refractivity contribution is 5.95. The minimum atomic E-state index is -0.320. The van der Waals surface area contributed by atoms with Gasteiger partial charge in [-0.2, -0.15) is 0 Å². The summed E-state index contributed by atoms with van der Waals surface area (Å²) >= 11 is 0. The first-order valence-corrected chi connectivity index (χ1v) is 10.7. The molecule has 1 aromatic carbocycles. The Labute approximate surface area is 175 Å². The lowest BCUT2D eigenvalue weighted by molar-refractivity contribution is 0.0926. The van der Waals surface area contributed by atoms with Crippen LogP contribution in [0.3, 0.4) is 0 Å². The van der Waals surface area contributed by atoms with Crippen LogP contribution < -0.4 is 10.9 Å². The topological polar surface area (TPSA) is 68.9 Å². The van der Waals surface area contributed by atoms with Gasteiger partial charge in [-0.15, -0.1) is 0 Å². The van der Waals surface area contributed by atoms with E-state index < -0.39 is 0 Å². The number of benzene rings is 1. The number of fused-ring (bicyclic) bond motifs is 1. The summed E-state index contributed by atoms with van der Waals surface area (Å²) in [6.45, 7) is 1.82. The van der Waals surface area contributed by atoms with Crippen LogP contribution in [0.5, 0.6) is 0 Å². The number of carbonyl (C=O) groups excluding carboxylic acids is 1. The maximum atomic E-state index is 13.4. The van der Waals surface area contributed by atoms with E-state index in [4.69, 9.17) is 0 Å². The van der Waals surface area contributed by atoms with Crippen molar-refractivity contribution < 1.29 is 4.79 Å². The number of hydrogen-bond acceptors (Lipinski definition) is 3. The van der Waals surface area contributed by atoms with Crippen LogP contribution in [-0.4, -0.2) is 20.0 Å². The molecular formula is C24H26N4O2. The first kappa shape index (κ1) is 18.9. The minimum Gasteiger partial charge on any atom is -0.342 e. The lowest BCUT2D eigenvalue weighted by Gasteiger charge is -2.19. The van der Waals surface area contributed by atoms with E-state index in [2.05, 4.69) is 16.4 Å². The molecule has 1 unspecified atom stereocenters. The molecule has 0 bridgehead atoms. The molecule has 1 fully saturated rings. The van der Waals surface area contributed by atoms with Crippen molar-refractivity contribution in [3.05, 3.63) is 81.3 Å². The number of carbonyl (C=O) groups is 1. The Morgan fingerprint density at radius 1 is 1.20 bits per heavy atom. The van der Waals surface area contributed by atoms with Crippen LogP contribution in [0.25, 0.3) is 5.69 Å². The van der Waals surface area contributed by atoms with Crippen LogP contribution in [0.2, 0.25) is 0 Å². The van der Waals surface area contributed by atoms with Gasteiger partial charge in [-0.3, -0.25) is 14.2 Å². The van der Waals surface area contributed by atoms with Gasteiger partial charge in [-0.05, 0) is 73.8 Å². The monoisotopic (exact) mass is 402 g/mol.